The summed E-state index contributed by atoms with van der Waals surface area (Å²) < 4.78 is 0. The predicted molar refractivity (Wildman–Crippen MR) is 89.5 cm³/mol. The van der Waals surface area contributed by atoms with Crippen LogP contribution in [0.3, 0.4) is 0 Å². The second kappa shape index (κ2) is 6.32. The third-order valence-corrected chi connectivity index (χ3v) is 5.18. The summed E-state index contributed by atoms with van der Waals surface area (Å²) >= 11 is 3.45. The molecule has 0 radical (unpaired) electrons. The number of aromatic nitrogens is 3. The number of H-pyrrole nitrogens is 1. The van der Waals surface area contributed by atoms with Gasteiger partial charge in [-0.2, -0.15) is 4.98 Å². The van der Waals surface area contributed by atoms with Crippen molar-refractivity contribution in [2.24, 2.45) is 0 Å². The first kappa shape index (κ1) is 14.2. The van der Waals surface area contributed by atoms with Crippen LogP contribution in [0.5, 0.6) is 0 Å². The lowest BCUT2D eigenvalue weighted by atomic mass is 10.2. The summed E-state index contributed by atoms with van der Waals surface area (Å²) in [6.45, 7) is 4.20. The van der Waals surface area contributed by atoms with Crippen LogP contribution in [0.1, 0.15) is 16.0 Å². The van der Waals surface area contributed by atoms with Crippen LogP contribution >= 0.6 is 23.1 Å². The van der Waals surface area contributed by atoms with E-state index >= 15 is 0 Å². The number of thioether (sulfide) groups is 1. The zero-order valence-corrected chi connectivity index (χ0v) is 13.5. The van der Waals surface area contributed by atoms with Gasteiger partial charge in [0.2, 0.25) is 5.95 Å². The van der Waals surface area contributed by atoms with E-state index in [0.29, 0.717) is 5.95 Å². The number of aryl methyl sites for hydroxylation is 2. The minimum absolute atomic E-state index is 0.601. The molecule has 0 unspecified atom stereocenters. The van der Waals surface area contributed by atoms with E-state index in [9.17, 15) is 0 Å². The molecule has 2 aromatic heterocycles. The number of hydrogen-bond donors (Lipinski definition) is 2. The number of nitrogens with zero attached hydrogens (tertiary/aromatic N) is 2. The summed E-state index contributed by atoms with van der Waals surface area (Å²) in [5, 5.41) is 13.3. The number of rotatable bonds is 5. The Morgan fingerprint density at radius 3 is 2.71 bits per heavy atom. The van der Waals surface area contributed by atoms with Crippen molar-refractivity contribution in [3.63, 3.8) is 0 Å². The van der Waals surface area contributed by atoms with Gasteiger partial charge in [-0.05, 0) is 43.0 Å². The van der Waals surface area contributed by atoms with Gasteiger partial charge in [-0.3, -0.25) is 5.10 Å². The summed E-state index contributed by atoms with van der Waals surface area (Å²) in [6, 6.07) is 10.3. The molecule has 0 spiro atoms. The molecule has 2 N–H and O–H groups in total. The van der Waals surface area contributed by atoms with Gasteiger partial charge in [-0.1, -0.05) is 29.5 Å². The highest BCUT2D eigenvalue weighted by Crippen LogP contribution is 2.26. The van der Waals surface area contributed by atoms with Crippen LogP contribution in [0.25, 0.3) is 0 Å². The molecule has 3 rings (SSSR count). The molecule has 0 aliphatic rings. The standard InChI is InChI=1S/C15H16N4S2/c1-10-3-5-12(6-4-10)16-14-17-15(19-18-14)21-9-13-11(2)7-8-20-13/h3-8H,9H2,1-2H3,(H2,16,17,18,19). The fourth-order valence-electron chi connectivity index (χ4n) is 1.82. The average molecular weight is 316 g/mol. The summed E-state index contributed by atoms with van der Waals surface area (Å²) in [4.78, 5) is 5.83. The van der Waals surface area contributed by atoms with Gasteiger partial charge in [0.15, 0.2) is 5.16 Å². The molecule has 0 fully saturated rings. The Balaban J connectivity index is 1.61. The van der Waals surface area contributed by atoms with E-state index in [1.807, 2.05) is 12.1 Å². The van der Waals surface area contributed by atoms with Crippen molar-refractivity contribution in [1.82, 2.24) is 15.2 Å². The zero-order valence-electron chi connectivity index (χ0n) is 11.9. The van der Waals surface area contributed by atoms with Crippen LogP contribution in [0.4, 0.5) is 11.6 Å². The number of anilines is 2. The Bertz CT molecular complexity index is 715. The Hall–Kier alpha value is -1.79. The van der Waals surface area contributed by atoms with Gasteiger partial charge in [0.1, 0.15) is 0 Å². The molecule has 0 aliphatic carbocycles. The Kier molecular flexibility index (Phi) is 4.26. The van der Waals surface area contributed by atoms with Gasteiger partial charge in [0.05, 0.1) is 0 Å². The highest BCUT2D eigenvalue weighted by atomic mass is 32.2. The molecule has 0 atom stereocenters. The molecular formula is C15H16N4S2. The van der Waals surface area contributed by atoms with Crippen molar-refractivity contribution in [1.29, 1.82) is 0 Å². The summed E-state index contributed by atoms with van der Waals surface area (Å²) in [5.41, 5.74) is 3.56. The largest absolute Gasteiger partial charge is 0.323 e. The van der Waals surface area contributed by atoms with Gasteiger partial charge < -0.3 is 5.32 Å². The lowest BCUT2D eigenvalue weighted by Gasteiger charge is -2.01. The maximum absolute atomic E-state index is 4.45. The Morgan fingerprint density at radius 2 is 2.00 bits per heavy atom. The first-order valence-corrected chi connectivity index (χ1v) is 8.49. The van der Waals surface area contributed by atoms with Crippen molar-refractivity contribution in [3.8, 4) is 0 Å². The van der Waals surface area contributed by atoms with Crippen molar-refractivity contribution in [2.75, 3.05) is 5.32 Å². The first-order chi connectivity index (χ1) is 10.2. The van der Waals surface area contributed by atoms with Crippen LogP contribution in [0.15, 0.2) is 40.9 Å². The summed E-state index contributed by atoms with van der Waals surface area (Å²) in [5.74, 6) is 1.52. The van der Waals surface area contributed by atoms with Gasteiger partial charge >= 0.3 is 0 Å². The topological polar surface area (TPSA) is 53.6 Å². The lowest BCUT2D eigenvalue weighted by Crippen LogP contribution is -1.92. The molecule has 6 heteroatoms. The van der Waals surface area contributed by atoms with E-state index in [4.69, 9.17) is 0 Å². The van der Waals surface area contributed by atoms with E-state index in [0.717, 1.165) is 16.6 Å². The second-order valence-corrected chi connectivity index (χ2v) is 6.74. The van der Waals surface area contributed by atoms with E-state index < -0.39 is 0 Å². The fraction of sp³-hybridized carbons (Fsp3) is 0.200. The smallest absolute Gasteiger partial charge is 0.247 e. The molecule has 4 nitrogen and oxygen atoms in total. The normalized spacial score (nSPS) is 10.8. The molecule has 1 aromatic carbocycles. The van der Waals surface area contributed by atoms with Crippen molar-refractivity contribution >= 4 is 34.7 Å². The SMILES string of the molecule is Cc1ccc(Nc2n[nH]c(SCc3sccc3C)n2)cc1. The summed E-state index contributed by atoms with van der Waals surface area (Å²) in [7, 11) is 0. The number of aromatic amines is 1. The van der Waals surface area contributed by atoms with Crippen LogP contribution in [-0.2, 0) is 5.75 Å². The average Bonchev–Trinajstić information content (AvgIpc) is 3.08. The molecule has 0 bridgehead atoms. The number of nitrogens with one attached hydrogen (secondary N) is 2. The minimum Gasteiger partial charge on any atom is -0.323 e. The highest BCUT2D eigenvalue weighted by molar-refractivity contribution is 7.98. The van der Waals surface area contributed by atoms with Gasteiger partial charge in [0.25, 0.3) is 0 Å². The minimum atomic E-state index is 0.601. The molecule has 0 aliphatic heterocycles. The maximum Gasteiger partial charge on any atom is 0.247 e. The molecule has 2 heterocycles. The fourth-order valence-corrected chi connectivity index (χ4v) is 3.72. The molecule has 0 saturated carbocycles. The van der Waals surface area contributed by atoms with Gasteiger partial charge in [-0.15, -0.1) is 16.4 Å². The molecule has 108 valence electrons. The van der Waals surface area contributed by atoms with E-state index in [1.165, 1.54) is 16.0 Å². The van der Waals surface area contributed by atoms with E-state index in [2.05, 4.69) is 57.9 Å². The highest BCUT2D eigenvalue weighted by Gasteiger charge is 2.06. The summed E-state index contributed by atoms with van der Waals surface area (Å²) in [6.07, 6.45) is 0. The van der Waals surface area contributed by atoms with Crippen molar-refractivity contribution < 1.29 is 0 Å². The van der Waals surface area contributed by atoms with Gasteiger partial charge in [0, 0.05) is 16.3 Å². The number of hydrogen-bond acceptors (Lipinski definition) is 5. The third-order valence-electron chi connectivity index (χ3n) is 3.08. The van der Waals surface area contributed by atoms with Crippen LogP contribution < -0.4 is 5.32 Å². The monoisotopic (exact) mass is 316 g/mol. The Labute approximate surface area is 132 Å². The quantitative estimate of drug-likeness (QED) is 0.680. The van der Waals surface area contributed by atoms with Crippen molar-refractivity contribution in [2.45, 2.75) is 24.8 Å². The Morgan fingerprint density at radius 1 is 1.19 bits per heavy atom. The molecule has 21 heavy (non-hydrogen) atoms. The van der Waals surface area contributed by atoms with Gasteiger partial charge in [-0.25, -0.2) is 0 Å². The second-order valence-electron chi connectivity index (χ2n) is 4.77. The van der Waals surface area contributed by atoms with Crippen LogP contribution in [-0.4, -0.2) is 15.2 Å². The zero-order chi connectivity index (χ0) is 14.7. The van der Waals surface area contributed by atoms with E-state index in [-0.39, 0.29) is 0 Å². The lowest BCUT2D eigenvalue weighted by molar-refractivity contribution is 0.973. The third kappa shape index (κ3) is 3.65. The molecule has 3 aromatic rings. The van der Waals surface area contributed by atoms with Crippen molar-refractivity contribution in [3.05, 3.63) is 51.7 Å². The molecule has 0 saturated heterocycles. The van der Waals surface area contributed by atoms with E-state index in [1.54, 1.807) is 23.1 Å². The maximum atomic E-state index is 4.45. The van der Waals surface area contributed by atoms with Crippen LogP contribution in [0.2, 0.25) is 0 Å². The van der Waals surface area contributed by atoms with Crippen LogP contribution in [0, 0.1) is 13.8 Å². The number of thiophene rings is 1. The molecular weight excluding hydrogens is 300 g/mol. The first-order valence-electron chi connectivity index (χ1n) is 6.62. The molecule has 0 amide bonds. The predicted octanol–water partition coefficient (Wildman–Crippen LogP) is 4.52. The number of benzene rings is 1.